The number of hydrogen-bond acceptors (Lipinski definition) is 3. The van der Waals surface area contributed by atoms with Crippen molar-refractivity contribution in [2.75, 3.05) is 12.4 Å². The van der Waals surface area contributed by atoms with Gasteiger partial charge in [0.05, 0.1) is 5.71 Å². The SMILES string of the molecule is O=C1c2c(ccn2CCCCCl)/C(=N/O)CCN1Cc1ccccc1. The molecule has 0 unspecified atom stereocenters. The zero-order valence-corrected chi connectivity index (χ0v) is 14.8. The minimum atomic E-state index is -0.0200. The van der Waals surface area contributed by atoms with Crippen LogP contribution in [0, 0.1) is 0 Å². The molecule has 0 spiro atoms. The summed E-state index contributed by atoms with van der Waals surface area (Å²) in [5.74, 6) is 0.592. The molecule has 0 fully saturated rings. The Hall–Kier alpha value is -2.27. The fourth-order valence-electron chi connectivity index (χ4n) is 3.19. The number of nitrogens with zero attached hydrogens (tertiary/aromatic N) is 3. The first-order valence-electron chi connectivity index (χ1n) is 8.54. The molecule has 1 amide bonds. The van der Waals surface area contributed by atoms with Gasteiger partial charge >= 0.3 is 0 Å². The molecule has 3 rings (SSSR count). The van der Waals surface area contributed by atoms with E-state index >= 15 is 0 Å². The Bertz CT molecular complexity index is 755. The first-order valence-corrected chi connectivity index (χ1v) is 9.07. The molecule has 1 aromatic heterocycles. The van der Waals surface area contributed by atoms with E-state index < -0.39 is 0 Å². The van der Waals surface area contributed by atoms with Crippen LogP contribution in [0.1, 0.15) is 40.9 Å². The van der Waals surface area contributed by atoms with Crippen LogP contribution in [-0.2, 0) is 13.1 Å². The molecule has 0 radical (unpaired) electrons. The normalized spacial score (nSPS) is 16.1. The molecule has 2 aromatic rings. The van der Waals surface area contributed by atoms with Crippen molar-refractivity contribution in [3.05, 3.63) is 59.4 Å². The largest absolute Gasteiger partial charge is 0.411 e. The summed E-state index contributed by atoms with van der Waals surface area (Å²) < 4.78 is 1.96. The number of alkyl halides is 1. The summed E-state index contributed by atoms with van der Waals surface area (Å²) in [4.78, 5) is 15.0. The highest BCUT2D eigenvalue weighted by molar-refractivity contribution is 6.17. The lowest BCUT2D eigenvalue weighted by Crippen LogP contribution is -2.32. The number of unbranched alkanes of at least 4 members (excludes halogenated alkanes) is 1. The summed E-state index contributed by atoms with van der Waals surface area (Å²) in [6, 6.07) is 11.8. The van der Waals surface area contributed by atoms with Crippen LogP contribution in [0.2, 0.25) is 0 Å². The second-order valence-electron chi connectivity index (χ2n) is 6.18. The lowest BCUT2D eigenvalue weighted by molar-refractivity contribution is 0.0740. The van der Waals surface area contributed by atoms with Crippen molar-refractivity contribution in [1.29, 1.82) is 0 Å². The first kappa shape index (κ1) is 17.5. The van der Waals surface area contributed by atoms with Gasteiger partial charge in [0, 0.05) is 43.7 Å². The molecule has 132 valence electrons. The van der Waals surface area contributed by atoms with Gasteiger partial charge in [-0.05, 0) is 24.5 Å². The summed E-state index contributed by atoms with van der Waals surface area (Å²) in [6.07, 6.45) is 4.24. The predicted octanol–water partition coefficient (Wildman–Crippen LogP) is 3.73. The Morgan fingerprint density at radius 3 is 2.68 bits per heavy atom. The third-order valence-corrected chi connectivity index (χ3v) is 4.77. The summed E-state index contributed by atoms with van der Waals surface area (Å²) in [6.45, 7) is 1.81. The highest BCUT2D eigenvalue weighted by Crippen LogP contribution is 2.23. The van der Waals surface area contributed by atoms with Gasteiger partial charge in [0.2, 0.25) is 0 Å². The minimum absolute atomic E-state index is 0.0200. The smallest absolute Gasteiger partial charge is 0.271 e. The Morgan fingerprint density at radius 1 is 1.16 bits per heavy atom. The summed E-state index contributed by atoms with van der Waals surface area (Å²) >= 11 is 5.76. The molecule has 0 saturated carbocycles. The van der Waals surface area contributed by atoms with Gasteiger partial charge in [-0.15, -0.1) is 11.6 Å². The van der Waals surface area contributed by atoms with Crippen LogP contribution in [-0.4, -0.2) is 38.7 Å². The van der Waals surface area contributed by atoms with Crippen molar-refractivity contribution in [3.63, 3.8) is 0 Å². The van der Waals surface area contributed by atoms with Crippen LogP contribution in [0.4, 0.5) is 0 Å². The van der Waals surface area contributed by atoms with Crippen LogP contribution >= 0.6 is 11.6 Å². The Labute approximate surface area is 152 Å². The first-order chi connectivity index (χ1) is 12.2. The molecule has 6 heteroatoms. The standard InChI is InChI=1S/C19H22ClN3O2/c20-10-4-5-11-22-12-8-16-17(21-25)9-13-23(19(24)18(16)22)14-15-6-2-1-3-7-15/h1-3,6-8,12,25H,4-5,9-11,13-14H2/b21-17+. The van der Waals surface area contributed by atoms with E-state index in [0.29, 0.717) is 36.8 Å². The summed E-state index contributed by atoms with van der Waals surface area (Å²) in [5, 5.41) is 12.8. The van der Waals surface area contributed by atoms with Gasteiger partial charge in [0.1, 0.15) is 5.69 Å². The lowest BCUT2D eigenvalue weighted by Gasteiger charge is -2.21. The predicted molar refractivity (Wildman–Crippen MR) is 98.5 cm³/mol. The molecule has 1 N–H and O–H groups in total. The zero-order valence-electron chi connectivity index (χ0n) is 14.1. The van der Waals surface area contributed by atoms with E-state index in [1.54, 1.807) is 0 Å². The lowest BCUT2D eigenvalue weighted by atomic mass is 10.1. The number of amides is 1. The zero-order chi connectivity index (χ0) is 17.6. The van der Waals surface area contributed by atoms with Gasteiger partial charge in [0.15, 0.2) is 0 Å². The van der Waals surface area contributed by atoms with Gasteiger partial charge in [-0.3, -0.25) is 4.79 Å². The third kappa shape index (κ3) is 3.87. The molecule has 1 aliphatic heterocycles. The van der Waals surface area contributed by atoms with E-state index in [2.05, 4.69) is 5.16 Å². The van der Waals surface area contributed by atoms with Crippen molar-refractivity contribution in [3.8, 4) is 0 Å². The van der Waals surface area contributed by atoms with Crippen LogP contribution in [0.15, 0.2) is 47.8 Å². The fourth-order valence-corrected chi connectivity index (χ4v) is 3.38. The number of carbonyl (C=O) groups is 1. The Kier molecular flexibility index (Phi) is 5.76. The summed E-state index contributed by atoms with van der Waals surface area (Å²) in [5.41, 5.74) is 2.99. The van der Waals surface area contributed by atoms with Crippen molar-refractivity contribution in [2.45, 2.75) is 32.4 Å². The van der Waals surface area contributed by atoms with Gasteiger partial charge in [0.25, 0.3) is 5.91 Å². The highest BCUT2D eigenvalue weighted by atomic mass is 35.5. The molecule has 2 heterocycles. The van der Waals surface area contributed by atoms with E-state index in [9.17, 15) is 10.0 Å². The number of rotatable bonds is 6. The number of hydrogen-bond donors (Lipinski definition) is 1. The van der Waals surface area contributed by atoms with Crippen LogP contribution in [0.25, 0.3) is 0 Å². The second kappa shape index (κ2) is 8.21. The van der Waals surface area contributed by atoms with Crippen molar-refractivity contribution in [1.82, 2.24) is 9.47 Å². The fraction of sp³-hybridized carbons (Fsp3) is 0.368. The highest BCUT2D eigenvalue weighted by Gasteiger charge is 2.29. The minimum Gasteiger partial charge on any atom is -0.411 e. The van der Waals surface area contributed by atoms with Gasteiger partial charge < -0.3 is 14.7 Å². The maximum atomic E-state index is 13.2. The van der Waals surface area contributed by atoms with Crippen LogP contribution in [0.5, 0.6) is 0 Å². The van der Waals surface area contributed by atoms with E-state index in [0.717, 1.165) is 30.5 Å². The number of aryl methyl sites for hydroxylation is 1. The van der Waals surface area contributed by atoms with Crippen LogP contribution < -0.4 is 0 Å². The molecule has 0 saturated heterocycles. The number of carbonyl (C=O) groups excluding carboxylic acids is 1. The van der Waals surface area contributed by atoms with Crippen LogP contribution in [0.3, 0.4) is 0 Å². The maximum absolute atomic E-state index is 13.2. The van der Waals surface area contributed by atoms with Gasteiger partial charge in [-0.25, -0.2) is 0 Å². The molecular weight excluding hydrogens is 338 g/mol. The maximum Gasteiger partial charge on any atom is 0.271 e. The number of fused-ring (bicyclic) bond motifs is 1. The Morgan fingerprint density at radius 2 is 1.96 bits per heavy atom. The molecule has 0 atom stereocenters. The molecule has 1 aromatic carbocycles. The average molecular weight is 360 g/mol. The van der Waals surface area contributed by atoms with E-state index in [1.807, 2.05) is 52.1 Å². The quantitative estimate of drug-likeness (QED) is 0.370. The molecule has 5 nitrogen and oxygen atoms in total. The molecule has 1 aliphatic rings. The van der Waals surface area contributed by atoms with Crippen molar-refractivity contribution >= 4 is 23.2 Å². The summed E-state index contributed by atoms with van der Waals surface area (Å²) in [7, 11) is 0. The number of benzene rings is 1. The van der Waals surface area contributed by atoms with Gasteiger partial charge in [-0.2, -0.15) is 0 Å². The third-order valence-electron chi connectivity index (χ3n) is 4.50. The average Bonchev–Trinajstić information content (AvgIpc) is 3.00. The monoisotopic (exact) mass is 359 g/mol. The molecule has 0 bridgehead atoms. The van der Waals surface area contributed by atoms with Gasteiger partial charge in [-0.1, -0.05) is 35.5 Å². The van der Waals surface area contributed by atoms with E-state index in [-0.39, 0.29) is 5.91 Å². The Balaban J connectivity index is 1.90. The van der Waals surface area contributed by atoms with E-state index in [4.69, 9.17) is 11.6 Å². The topological polar surface area (TPSA) is 57.8 Å². The number of aromatic nitrogens is 1. The molecule has 25 heavy (non-hydrogen) atoms. The van der Waals surface area contributed by atoms with E-state index in [1.165, 1.54) is 0 Å². The van der Waals surface area contributed by atoms with Crippen molar-refractivity contribution < 1.29 is 10.0 Å². The number of oxime groups is 1. The number of halogens is 1. The second-order valence-corrected chi connectivity index (χ2v) is 6.55. The van der Waals surface area contributed by atoms with Crippen molar-refractivity contribution in [2.24, 2.45) is 5.16 Å². The molecular formula is C19H22ClN3O2. The molecule has 0 aliphatic carbocycles.